The molecule has 1 saturated heterocycles. The summed E-state index contributed by atoms with van der Waals surface area (Å²) in [6.45, 7) is 7.13. The fraction of sp³-hybridized carbons (Fsp3) is 0.765. The standard InChI is InChI=1S/C34H47F4NO6S/c1-28(2)19-44-32(45-20-28)15-12-26-27-23(11-14-31(26,40)18-32)25-13-16-33(41,30(4,35)34(36,37)38)29(25,3)17-24(27)21-7-9-22(10-8-21)46(42,43)39(5)6/h7-10,23-25,40-41H,11-20H2,1-6H3/t23?,24-,25?,29?,30-,31-,33+/m1/s1. The van der Waals surface area contributed by atoms with Crippen LogP contribution in [-0.2, 0) is 19.5 Å². The van der Waals surface area contributed by atoms with Gasteiger partial charge in [0.25, 0.3) is 0 Å². The third-order valence-electron chi connectivity index (χ3n) is 12.4. The number of allylic oxidation sites excluding steroid dienone is 1. The second-order valence-corrected chi connectivity index (χ2v) is 18.1. The number of halogens is 4. The van der Waals surface area contributed by atoms with Crippen LogP contribution in [0.4, 0.5) is 17.6 Å². The first-order valence-electron chi connectivity index (χ1n) is 16.3. The largest absolute Gasteiger partial charge is 0.425 e. The molecule has 0 radical (unpaired) electrons. The molecule has 3 saturated carbocycles. The number of sulfonamides is 1. The summed E-state index contributed by atoms with van der Waals surface area (Å²) in [6, 6.07) is 6.28. The minimum Gasteiger partial charge on any atom is -0.386 e. The molecule has 3 unspecified atom stereocenters. The molecule has 258 valence electrons. The van der Waals surface area contributed by atoms with Crippen LogP contribution in [0.3, 0.4) is 0 Å². The summed E-state index contributed by atoms with van der Waals surface area (Å²) in [7, 11) is -0.886. The van der Waals surface area contributed by atoms with E-state index in [4.69, 9.17) is 9.47 Å². The van der Waals surface area contributed by atoms with Gasteiger partial charge in [0.05, 0.1) is 23.7 Å². The Morgan fingerprint density at radius 1 is 0.935 bits per heavy atom. The van der Waals surface area contributed by atoms with Crippen LogP contribution in [0.1, 0.15) is 90.5 Å². The molecular weight excluding hydrogens is 626 g/mol. The Hall–Kier alpha value is -1.57. The quantitative estimate of drug-likeness (QED) is 0.290. The maximum absolute atomic E-state index is 16.0. The summed E-state index contributed by atoms with van der Waals surface area (Å²) in [4.78, 5) is 0.0652. The second kappa shape index (κ2) is 10.5. The summed E-state index contributed by atoms with van der Waals surface area (Å²) in [5.74, 6) is -2.23. The van der Waals surface area contributed by atoms with Gasteiger partial charge >= 0.3 is 6.18 Å². The van der Waals surface area contributed by atoms with Crippen molar-refractivity contribution in [3.05, 3.63) is 41.0 Å². The number of hydrogen-bond acceptors (Lipinski definition) is 6. The predicted octanol–water partition coefficient (Wildman–Crippen LogP) is 6.25. The van der Waals surface area contributed by atoms with E-state index >= 15 is 4.39 Å². The van der Waals surface area contributed by atoms with Crippen molar-refractivity contribution in [2.24, 2.45) is 22.7 Å². The van der Waals surface area contributed by atoms with Crippen molar-refractivity contribution >= 4 is 10.0 Å². The van der Waals surface area contributed by atoms with Gasteiger partial charge in [-0.15, -0.1) is 0 Å². The molecule has 7 atom stereocenters. The molecule has 4 fully saturated rings. The Morgan fingerprint density at radius 2 is 1.54 bits per heavy atom. The van der Waals surface area contributed by atoms with E-state index in [-0.39, 0.29) is 41.9 Å². The Bertz CT molecular complexity index is 1510. The van der Waals surface area contributed by atoms with Gasteiger partial charge in [0, 0.05) is 43.7 Å². The highest BCUT2D eigenvalue weighted by atomic mass is 32.2. The number of nitrogens with zero attached hydrogens (tertiary/aromatic N) is 1. The van der Waals surface area contributed by atoms with Gasteiger partial charge in [-0.25, -0.2) is 17.1 Å². The summed E-state index contributed by atoms with van der Waals surface area (Å²) in [5.41, 5.74) is -6.97. The Morgan fingerprint density at radius 3 is 2.11 bits per heavy atom. The first-order valence-corrected chi connectivity index (χ1v) is 17.7. The highest BCUT2D eigenvalue weighted by molar-refractivity contribution is 7.89. The van der Waals surface area contributed by atoms with E-state index in [0.29, 0.717) is 51.4 Å². The topological polar surface area (TPSA) is 96.3 Å². The molecule has 46 heavy (non-hydrogen) atoms. The Labute approximate surface area is 269 Å². The molecule has 1 aliphatic heterocycles. The molecule has 1 heterocycles. The number of benzene rings is 1. The zero-order chi connectivity index (χ0) is 33.9. The number of fused-ring (bicyclic) bond motifs is 4. The molecule has 0 aromatic heterocycles. The number of alkyl halides is 4. The third kappa shape index (κ3) is 4.86. The minimum atomic E-state index is -5.28. The van der Waals surface area contributed by atoms with Crippen molar-refractivity contribution in [3.63, 3.8) is 0 Å². The van der Waals surface area contributed by atoms with Gasteiger partial charge in [0.15, 0.2) is 5.79 Å². The van der Waals surface area contributed by atoms with Crippen LogP contribution in [0.5, 0.6) is 0 Å². The number of rotatable bonds is 4. The van der Waals surface area contributed by atoms with E-state index in [9.17, 15) is 31.8 Å². The van der Waals surface area contributed by atoms with E-state index in [1.807, 2.05) is 0 Å². The van der Waals surface area contributed by atoms with Crippen LogP contribution in [0, 0.1) is 22.7 Å². The van der Waals surface area contributed by atoms with Crippen molar-refractivity contribution in [2.75, 3.05) is 27.3 Å². The van der Waals surface area contributed by atoms with Crippen molar-refractivity contribution in [2.45, 2.75) is 119 Å². The smallest absolute Gasteiger partial charge is 0.386 e. The predicted molar refractivity (Wildman–Crippen MR) is 163 cm³/mol. The van der Waals surface area contributed by atoms with E-state index in [0.717, 1.165) is 15.5 Å². The van der Waals surface area contributed by atoms with Crippen LogP contribution in [0.2, 0.25) is 0 Å². The lowest BCUT2D eigenvalue weighted by Crippen LogP contribution is -2.66. The van der Waals surface area contributed by atoms with Crippen LogP contribution in [0.25, 0.3) is 0 Å². The zero-order valence-corrected chi connectivity index (χ0v) is 28.3. The van der Waals surface area contributed by atoms with Gasteiger partial charge in [-0.2, -0.15) is 13.2 Å². The number of aliphatic hydroxyl groups is 2. The lowest BCUT2D eigenvalue weighted by molar-refractivity contribution is -0.323. The van der Waals surface area contributed by atoms with Gasteiger partial charge in [-0.3, -0.25) is 0 Å². The molecule has 0 amide bonds. The molecule has 1 aromatic rings. The monoisotopic (exact) mass is 673 g/mol. The van der Waals surface area contributed by atoms with Gasteiger partial charge in [0.2, 0.25) is 15.7 Å². The molecule has 4 aliphatic carbocycles. The number of ether oxygens (including phenoxy) is 2. The van der Waals surface area contributed by atoms with Crippen molar-refractivity contribution in [3.8, 4) is 0 Å². The van der Waals surface area contributed by atoms with Crippen molar-refractivity contribution in [1.82, 2.24) is 4.31 Å². The summed E-state index contributed by atoms with van der Waals surface area (Å²) in [6.07, 6.45) is -3.38. The highest BCUT2D eigenvalue weighted by Crippen LogP contribution is 2.71. The van der Waals surface area contributed by atoms with Crippen LogP contribution < -0.4 is 0 Å². The summed E-state index contributed by atoms with van der Waals surface area (Å²) >= 11 is 0. The molecule has 1 spiro atoms. The fourth-order valence-corrected chi connectivity index (χ4v) is 10.5. The number of hydrogen-bond donors (Lipinski definition) is 2. The van der Waals surface area contributed by atoms with Gasteiger partial charge in [0.1, 0.15) is 5.60 Å². The molecule has 7 nitrogen and oxygen atoms in total. The van der Waals surface area contributed by atoms with E-state index in [1.165, 1.54) is 26.2 Å². The van der Waals surface area contributed by atoms with Gasteiger partial charge in [-0.1, -0.05) is 38.5 Å². The maximum atomic E-state index is 16.0. The van der Waals surface area contributed by atoms with Crippen LogP contribution in [0.15, 0.2) is 40.3 Å². The average Bonchev–Trinajstić information content (AvgIpc) is 3.24. The lowest BCUT2D eigenvalue weighted by Gasteiger charge is -2.59. The third-order valence-corrected chi connectivity index (χ3v) is 14.2. The highest BCUT2D eigenvalue weighted by Gasteiger charge is 2.76. The van der Waals surface area contributed by atoms with Crippen molar-refractivity contribution in [1.29, 1.82) is 0 Å². The fourth-order valence-electron chi connectivity index (χ4n) is 9.65. The Kier molecular flexibility index (Phi) is 7.80. The van der Waals surface area contributed by atoms with E-state index in [2.05, 4.69) is 13.8 Å². The normalized spacial score (nSPS) is 38.7. The summed E-state index contributed by atoms with van der Waals surface area (Å²) < 4.78 is 98.1. The zero-order valence-electron chi connectivity index (χ0n) is 27.5. The maximum Gasteiger partial charge on any atom is 0.425 e. The SMILES string of the molecule is CN(C)S(=O)(=O)c1ccc([C@H]2CC3(C)C(CC[C@@]3(O)[C@@](C)(F)C(F)(F)F)C3CC[C@@]4(O)CC5(CCC4=C32)OCC(C)(C)CO5)cc1. The molecule has 1 aromatic carbocycles. The summed E-state index contributed by atoms with van der Waals surface area (Å²) in [5, 5.41) is 24.2. The average molecular weight is 674 g/mol. The molecule has 5 aliphatic rings. The first-order chi connectivity index (χ1) is 21.0. The second-order valence-electron chi connectivity index (χ2n) is 16.0. The Balaban J connectivity index is 1.47. The van der Waals surface area contributed by atoms with Crippen molar-refractivity contribution < 1.29 is 45.7 Å². The molecule has 2 N–H and O–H groups in total. The minimum absolute atomic E-state index is 0.0152. The van der Waals surface area contributed by atoms with Gasteiger partial charge in [-0.05, 0) is 80.6 Å². The molecular formula is C34H47F4NO6S. The van der Waals surface area contributed by atoms with Crippen LogP contribution in [-0.4, -0.2) is 79.1 Å². The molecule has 6 rings (SSSR count). The molecule has 12 heteroatoms. The van der Waals surface area contributed by atoms with E-state index in [1.54, 1.807) is 19.1 Å². The van der Waals surface area contributed by atoms with E-state index < -0.39 is 56.1 Å². The van der Waals surface area contributed by atoms with Crippen LogP contribution >= 0.6 is 0 Å². The molecule has 0 bridgehead atoms. The lowest BCUT2D eigenvalue weighted by atomic mass is 9.48. The first kappa shape index (κ1) is 34.3. The van der Waals surface area contributed by atoms with Gasteiger partial charge < -0.3 is 19.7 Å².